The van der Waals surface area contributed by atoms with Gasteiger partial charge in [-0.25, -0.2) is 0 Å². The van der Waals surface area contributed by atoms with E-state index in [9.17, 15) is 4.79 Å². The molecule has 0 N–H and O–H groups in total. The van der Waals surface area contributed by atoms with E-state index in [1.165, 1.54) is 0 Å². The third kappa shape index (κ3) is 4.98. The van der Waals surface area contributed by atoms with Crippen LogP contribution in [0.2, 0.25) is 0 Å². The number of carbonyl (C=O) groups excluding carboxylic acids is 1. The molecule has 0 fully saturated rings. The monoisotopic (exact) mass is 176 g/mol. The molecule has 0 rings (SSSR count). The molecule has 0 saturated carbocycles. The molecule has 0 aromatic heterocycles. The minimum Gasteiger partial charge on any atom is -0.527 e. The quantitative estimate of drug-likeness (QED) is 0.556. The van der Waals surface area contributed by atoms with Crippen LogP contribution in [0.4, 0.5) is 0 Å². The van der Waals surface area contributed by atoms with E-state index in [1.54, 1.807) is 6.92 Å². The maximum absolute atomic E-state index is 10.9. The van der Waals surface area contributed by atoms with Crippen molar-refractivity contribution in [2.24, 2.45) is 0 Å². The Morgan fingerprint density at radius 3 is 2.18 bits per heavy atom. The summed E-state index contributed by atoms with van der Waals surface area (Å²) in [6.07, 6.45) is -0.451. The molecule has 1 atom stereocenters. The molecule has 11 heavy (non-hydrogen) atoms. The van der Waals surface area contributed by atoms with E-state index in [0.717, 1.165) is 0 Å². The lowest BCUT2D eigenvalue weighted by Crippen LogP contribution is -2.31. The molecule has 0 aromatic rings. The van der Waals surface area contributed by atoms with Gasteiger partial charge in [-0.15, -0.1) is 0 Å². The number of ether oxygens (including phenoxy) is 1. The van der Waals surface area contributed by atoms with Crippen LogP contribution in [0.15, 0.2) is 0 Å². The summed E-state index contributed by atoms with van der Waals surface area (Å²) in [5, 5.41) is 0. The van der Waals surface area contributed by atoms with Gasteiger partial charge in [0, 0.05) is 0 Å². The van der Waals surface area contributed by atoms with Crippen molar-refractivity contribution in [1.29, 1.82) is 0 Å². The van der Waals surface area contributed by atoms with Crippen molar-refractivity contribution in [3.8, 4) is 0 Å². The Hall–Kier alpha value is -0.353. The SMILES string of the molecule is CC(OC(C)(C)C)C(=O)O[SiH3]. The van der Waals surface area contributed by atoms with Gasteiger partial charge < -0.3 is 9.16 Å². The Labute approximate surface area is 70.6 Å². The second-order valence-corrected chi connectivity index (χ2v) is 3.80. The Morgan fingerprint density at radius 2 is 1.91 bits per heavy atom. The van der Waals surface area contributed by atoms with Crippen molar-refractivity contribution in [2.45, 2.75) is 39.4 Å². The Morgan fingerprint density at radius 1 is 1.45 bits per heavy atom. The zero-order valence-corrected chi connectivity index (χ0v) is 9.80. The van der Waals surface area contributed by atoms with Gasteiger partial charge in [0.05, 0.1) is 5.60 Å². The molecule has 0 aliphatic rings. The first-order chi connectivity index (χ1) is 4.87. The van der Waals surface area contributed by atoms with Gasteiger partial charge in [-0.1, -0.05) is 0 Å². The lowest BCUT2D eigenvalue weighted by atomic mass is 10.2. The third-order valence-corrected chi connectivity index (χ3v) is 1.47. The van der Waals surface area contributed by atoms with Crippen LogP contribution in [-0.4, -0.2) is 28.2 Å². The first-order valence-electron chi connectivity index (χ1n) is 3.62. The average Bonchev–Trinajstić information content (AvgIpc) is 1.82. The molecule has 1 unspecified atom stereocenters. The summed E-state index contributed by atoms with van der Waals surface area (Å²) in [6.45, 7) is 7.42. The molecule has 3 nitrogen and oxygen atoms in total. The predicted molar refractivity (Wildman–Crippen MR) is 46.3 cm³/mol. The third-order valence-electron chi connectivity index (χ3n) is 1.06. The van der Waals surface area contributed by atoms with E-state index < -0.39 is 6.10 Å². The molecule has 0 heterocycles. The smallest absolute Gasteiger partial charge is 0.321 e. The molecular formula is C7H16O3Si. The summed E-state index contributed by atoms with van der Waals surface area (Å²) in [6, 6.07) is 0. The lowest BCUT2D eigenvalue weighted by Gasteiger charge is -2.23. The fourth-order valence-corrected chi connectivity index (χ4v) is 1.08. The van der Waals surface area contributed by atoms with Crippen LogP contribution >= 0.6 is 0 Å². The molecule has 0 spiro atoms. The molecule has 0 radical (unpaired) electrons. The summed E-state index contributed by atoms with van der Waals surface area (Å²) in [5.41, 5.74) is -0.283. The molecular weight excluding hydrogens is 160 g/mol. The highest BCUT2D eigenvalue weighted by Crippen LogP contribution is 2.10. The van der Waals surface area contributed by atoms with Gasteiger partial charge in [0.1, 0.15) is 0 Å². The van der Waals surface area contributed by atoms with Crippen LogP contribution in [0.3, 0.4) is 0 Å². The molecule has 66 valence electrons. The van der Waals surface area contributed by atoms with Gasteiger partial charge in [-0.2, -0.15) is 0 Å². The minimum atomic E-state index is -0.451. The molecule has 4 heteroatoms. The molecule has 0 aliphatic heterocycles. The van der Waals surface area contributed by atoms with Crippen LogP contribution < -0.4 is 0 Å². The number of carbonyl (C=O) groups is 1. The summed E-state index contributed by atoms with van der Waals surface area (Å²) >= 11 is 0. The van der Waals surface area contributed by atoms with Crippen LogP contribution in [0, 0.1) is 0 Å². The van der Waals surface area contributed by atoms with Gasteiger partial charge in [-0.05, 0) is 27.7 Å². The van der Waals surface area contributed by atoms with E-state index in [0.29, 0.717) is 10.5 Å². The predicted octanol–water partition coefficient (Wildman–Crippen LogP) is 0.0136. The van der Waals surface area contributed by atoms with Crippen molar-refractivity contribution in [1.82, 2.24) is 0 Å². The molecule has 0 bridgehead atoms. The van der Waals surface area contributed by atoms with Crippen molar-refractivity contribution in [3.63, 3.8) is 0 Å². The maximum atomic E-state index is 10.9. The molecule has 0 aromatic carbocycles. The number of rotatable bonds is 2. The van der Waals surface area contributed by atoms with E-state index >= 15 is 0 Å². The highest BCUT2D eigenvalue weighted by Gasteiger charge is 2.20. The zero-order chi connectivity index (χ0) is 9.07. The summed E-state index contributed by atoms with van der Waals surface area (Å²) in [7, 11) is 0.433. The van der Waals surface area contributed by atoms with Gasteiger partial charge in [-0.3, -0.25) is 4.79 Å². The summed E-state index contributed by atoms with van der Waals surface area (Å²) in [4.78, 5) is 10.9. The fourth-order valence-electron chi connectivity index (χ4n) is 0.744. The van der Waals surface area contributed by atoms with Gasteiger partial charge in [0.2, 0.25) is 10.5 Å². The van der Waals surface area contributed by atoms with E-state index in [2.05, 4.69) is 4.43 Å². The Kier molecular flexibility index (Phi) is 3.75. The zero-order valence-electron chi connectivity index (χ0n) is 7.80. The van der Waals surface area contributed by atoms with Crippen molar-refractivity contribution in [3.05, 3.63) is 0 Å². The van der Waals surface area contributed by atoms with Crippen molar-refractivity contribution >= 4 is 16.5 Å². The Balaban J connectivity index is 3.87. The first-order valence-corrected chi connectivity index (χ1v) is 4.44. The molecule has 0 aliphatic carbocycles. The fraction of sp³-hybridized carbons (Fsp3) is 0.857. The van der Waals surface area contributed by atoms with Crippen LogP contribution in [0.25, 0.3) is 0 Å². The summed E-state index contributed by atoms with van der Waals surface area (Å²) in [5.74, 6) is -0.272. The second kappa shape index (κ2) is 3.87. The van der Waals surface area contributed by atoms with E-state index in [-0.39, 0.29) is 11.6 Å². The number of hydrogen-bond acceptors (Lipinski definition) is 3. The van der Waals surface area contributed by atoms with Crippen LogP contribution in [-0.2, 0) is 14.0 Å². The number of hydrogen-bond donors (Lipinski definition) is 0. The van der Waals surface area contributed by atoms with E-state index in [4.69, 9.17) is 4.74 Å². The van der Waals surface area contributed by atoms with Crippen LogP contribution in [0.5, 0.6) is 0 Å². The van der Waals surface area contributed by atoms with Crippen molar-refractivity contribution < 1.29 is 14.0 Å². The molecule has 0 amide bonds. The standard InChI is InChI=1S/C7H16O3Si/c1-5(6(8)10-11)9-7(2,3)4/h5H,1-4,11H3. The highest BCUT2D eigenvalue weighted by molar-refractivity contribution is 6.06. The topological polar surface area (TPSA) is 35.5 Å². The van der Waals surface area contributed by atoms with Gasteiger partial charge in [0.15, 0.2) is 6.10 Å². The van der Waals surface area contributed by atoms with Crippen molar-refractivity contribution in [2.75, 3.05) is 0 Å². The van der Waals surface area contributed by atoms with Gasteiger partial charge >= 0.3 is 5.97 Å². The first kappa shape index (κ1) is 10.6. The normalized spacial score (nSPS) is 14.5. The summed E-state index contributed by atoms with van der Waals surface area (Å²) < 4.78 is 9.97. The Bertz CT molecular complexity index is 139. The minimum absolute atomic E-state index is 0.272. The highest BCUT2D eigenvalue weighted by atomic mass is 28.2. The largest absolute Gasteiger partial charge is 0.527 e. The lowest BCUT2D eigenvalue weighted by molar-refractivity contribution is -0.154. The molecule has 0 saturated heterocycles. The second-order valence-electron chi connectivity index (χ2n) is 3.40. The van der Waals surface area contributed by atoms with Crippen LogP contribution in [0.1, 0.15) is 27.7 Å². The van der Waals surface area contributed by atoms with E-state index in [1.807, 2.05) is 20.8 Å². The maximum Gasteiger partial charge on any atom is 0.321 e. The average molecular weight is 176 g/mol. The van der Waals surface area contributed by atoms with Gasteiger partial charge in [0.25, 0.3) is 0 Å².